The molecule has 1 heterocycles. The van der Waals surface area contributed by atoms with E-state index in [2.05, 4.69) is 9.97 Å². The number of carbonyl (C=O) groups is 1. The minimum atomic E-state index is -1.07. The molecular weight excluding hydrogens is 288 g/mol. The average molecular weight is 297 g/mol. The lowest BCUT2D eigenvalue weighted by molar-refractivity contribution is 0.0697. The Kier molecular flexibility index (Phi) is 4.24. The first-order valence-corrected chi connectivity index (χ1v) is 6.37. The fourth-order valence-electron chi connectivity index (χ4n) is 1.33. The van der Waals surface area contributed by atoms with E-state index in [1.54, 1.807) is 18.3 Å². The van der Waals surface area contributed by atoms with Crippen molar-refractivity contribution in [2.45, 2.75) is 10.1 Å². The molecule has 0 amide bonds. The van der Waals surface area contributed by atoms with Gasteiger partial charge in [0.25, 0.3) is 0 Å². The summed E-state index contributed by atoms with van der Waals surface area (Å²) < 4.78 is 4.99. The first-order valence-electron chi connectivity index (χ1n) is 5.18. The van der Waals surface area contributed by atoms with E-state index in [0.717, 1.165) is 0 Å². The number of rotatable bonds is 4. The van der Waals surface area contributed by atoms with Crippen LogP contribution in [0.2, 0.25) is 5.02 Å². The van der Waals surface area contributed by atoms with Crippen molar-refractivity contribution in [2.75, 3.05) is 7.11 Å². The minimum absolute atomic E-state index is 0.0505. The van der Waals surface area contributed by atoms with Gasteiger partial charge in [-0.15, -0.1) is 0 Å². The Hall–Kier alpha value is -1.79. The standard InChI is InChI=1S/C12H9ClN2O3S/c1-18-10-4-5-14-12(15-10)19-7-2-3-9(13)8(6-7)11(16)17/h2-6H,1H3,(H,16,17). The van der Waals surface area contributed by atoms with Crippen molar-refractivity contribution in [3.8, 4) is 5.88 Å². The zero-order chi connectivity index (χ0) is 13.8. The van der Waals surface area contributed by atoms with E-state index in [0.29, 0.717) is 15.9 Å². The normalized spacial score (nSPS) is 10.2. The summed E-state index contributed by atoms with van der Waals surface area (Å²) in [5, 5.41) is 9.66. The van der Waals surface area contributed by atoms with Crippen LogP contribution in [-0.4, -0.2) is 28.2 Å². The van der Waals surface area contributed by atoms with Gasteiger partial charge >= 0.3 is 5.97 Å². The molecule has 0 saturated carbocycles. The lowest BCUT2D eigenvalue weighted by atomic mass is 10.2. The highest BCUT2D eigenvalue weighted by Crippen LogP contribution is 2.29. The van der Waals surface area contributed by atoms with Crippen LogP contribution in [0.5, 0.6) is 5.88 Å². The largest absolute Gasteiger partial charge is 0.481 e. The van der Waals surface area contributed by atoms with Gasteiger partial charge in [0, 0.05) is 17.2 Å². The van der Waals surface area contributed by atoms with Crippen LogP contribution >= 0.6 is 23.4 Å². The smallest absolute Gasteiger partial charge is 0.337 e. The molecule has 19 heavy (non-hydrogen) atoms. The quantitative estimate of drug-likeness (QED) is 0.875. The van der Waals surface area contributed by atoms with Crippen molar-refractivity contribution in [3.63, 3.8) is 0 Å². The van der Waals surface area contributed by atoms with Crippen LogP contribution in [0.3, 0.4) is 0 Å². The predicted octanol–water partition coefficient (Wildman–Crippen LogP) is 2.99. The van der Waals surface area contributed by atoms with Crippen molar-refractivity contribution in [2.24, 2.45) is 0 Å². The van der Waals surface area contributed by atoms with Gasteiger partial charge in [-0.3, -0.25) is 0 Å². The van der Waals surface area contributed by atoms with Crippen molar-refractivity contribution in [1.82, 2.24) is 9.97 Å². The molecular formula is C12H9ClN2O3S. The van der Waals surface area contributed by atoms with Crippen LogP contribution in [0.4, 0.5) is 0 Å². The van der Waals surface area contributed by atoms with Crippen LogP contribution in [0.1, 0.15) is 10.4 Å². The second-order valence-corrected chi connectivity index (χ2v) is 4.88. The van der Waals surface area contributed by atoms with Gasteiger partial charge in [-0.2, -0.15) is 4.98 Å². The highest BCUT2D eigenvalue weighted by molar-refractivity contribution is 7.99. The van der Waals surface area contributed by atoms with Crippen molar-refractivity contribution < 1.29 is 14.6 Å². The maximum absolute atomic E-state index is 11.0. The predicted molar refractivity (Wildman–Crippen MR) is 71.1 cm³/mol. The number of carboxylic acids is 1. The molecule has 98 valence electrons. The van der Waals surface area contributed by atoms with Gasteiger partial charge in [-0.25, -0.2) is 9.78 Å². The number of aromatic nitrogens is 2. The number of methoxy groups -OCH3 is 1. The topological polar surface area (TPSA) is 72.3 Å². The highest BCUT2D eigenvalue weighted by atomic mass is 35.5. The monoisotopic (exact) mass is 296 g/mol. The van der Waals surface area contributed by atoms with Crippen LogP contribution in [-0.2, 0) is 0 Å². The van der Waals surface area contributed by atoms with Gasteiger partial charge in [0.1, 0.15) is 0 Å². The van der Waals surface area contributed by atoms with Crippen LogP contribution in [0.15, 0.2) is 40.5 Å². The number of hydrogen-bond acceptors (Lipinski definition) is 5. The molecule has 0 fully saturated rings. The second-order valence-electron chi connectivity index (χ2n) is 3.43. The molecule has 0 radical (unpaired) electrons. The molecule has 0 aliphatic heterocycles. The summed E-state index contributed by atoms with van der Waals surface area (Å²) in [4.78, 5) is 19.9. The summed E-state index contributed by atoms with van der Waals surface area (Å²) in [7, 11) is 1.52. The van der Waals surface area contributed by atoms with E-state index in [4.69, 9.17) is 21.4 Å². The molecule has 0 aliphatic carbocycles. The zero-order valence-electron chi connectivity index (χ0n) is 9.83. The molecule has 1 aromatic heterocycles. The molecule has 1 N–H and O–H groups in total. The molecule has 0 saturated heterocycles. The lowest BCUT2D eigenvalue weighted by Crippen LogP contribution is -1.97. The fourth-order valence-corrected chi connectivity index (χ4v) is 2.30. The molecule has 0 atom stereocenters. The summed E-state index contributed by atoms with van der Waals surface area (Å²) in [6.07, 6.45) is 1.57. The Labute approximate surface area is 118 Å². The van der Waals surface area contributed by atoms with E-state index in [1.807, 2.05) is 0 Å². The Morgan fingerprint density at radius 3 is 2.89 bits per heavy atom. The minimum Gasteiger partial charge on any atom is -0.481 e. The third-order valence-electron chi connectivity index (χ3n) is 2.19. The van der Waals surface area contributed by atoms with Crippen LogP contribution < -0.4 is 4.74 Å². The zero-order valence-corrected chi connectivity index (χ0v) is 11.4. The third-order valence-corrected chi connectivity index (χ3v) is 3.39. The van der Waals surface area contributed by atoms with E-state index in [9.17, 15) is 4.79 Å². The van der Waals surface area contributed by atoms with E-state index >= 15 is 0 Å². The molecule has 5 nitrogen and oxygen atoms in total. The summed E-state index contributed by atoms with van der Waals surface area (Å²) in [5.74, 6) is -0.621. The number of hydrogen-bond donors (Lipinski definition) is 1. The highest BCUT2D eigenvalue weighted by Gasteiger charge is 2.11. The number of nitrogens with zero attached hydrogens (tertiary/aromatic N) is 2. The maximum atomic E-state index is 11.0. The van der Waals surface area contributed by atoms with Crippen molar-refractivity contribution >= 4 is 29.3 Å². The van der Waals surface area contributed by atoms with Crippen molar-refractivity contribution in [1.29, 1.82) is 0 Å². The number of halogens is 1. The fraction of sp³-hybridized carbons (Fsp3) is 0.0833. The number of carboxylic acid groups (broad SMARTS) is 1. The van der Waals surface area contributed by atoms with Crippen LogP contribution in [0, 0.1) is 0 Å². The molecule has 7 heteroatoms. The Morgan fingerprint density at radius 2 is 2.21 bits per heavy atom. The van der Waals surface area contributed by atoms with Gasteiger partial charge in [0.2, 0.25) is 5.88 Å². The molecule has 1 aromatic carbocycles. The molecule has 0 unspecified atom stereocenters. The summed E-state index contributed by atoms with van der Waals surface area (Å²) in [6.45, 7) is 0. The summed E-state index contributed by atoms with van der Waals surface area (Å²) in [5.41, 5.74) is 0.0505. The first-order chi connectivity index (χ1) is 9.10. The number of aromatic carboxylic acids is 1. The molecule has 0 bridgehead atoms. The van der Waals surface area contributed by atoms with Gasteiger partial charge in [-0.05, 0) is 30.0 Å². The van der Waals surface area contributed by atoms with Gasteiger partial charge in [0.05, 0.1) is 17.7 Å². The average Bonchev–Trinajstić information content (AvgIpc) is 2.41. The number of ether oxygens (including phenoxy) is 1. The van der Waals surface area contributed by atoms with Gasteiger partial charge in [-0.1, -0.05) is 11.6 Å². The Bertz CT molecular complexity index is 622. The first kappa shape index (κ1) is 13.6. The van der Waals surface area contributed by atoms with E-state index in [-0.39, 0.29) is 10.6 Å². The van der Waals surface area contributed by atoms with E-state index in [1.165, 1.54) is 31.0 Å². The Morgan fingerprint density at radius 1 is 1.42 bits per heavy atom. The maximum Gasteiger partial charge on any atom is 0.337 e. The second kappa shape index (κ2) is 5.90. The molecule has 2 aromatic rings. The molecule has 2 rings (SSSR count). The number of benzene rings is 1. The SMILES string of the molecule is COc1ccnc(Sc2ccc(Cl)c(C(=O)O)c2)n1. The van der Waals surface area contributed by atoms with Gasteiger partial charge < -0.3 is 9.84 Å². The third kappa shape index (κ3) is 3.36. The van der Waals surface area contributed by atoms with Crippen LogP contribution in [0.25, 0.3) is 0 Å². The van der Waals surface area contributed by atoms with E-state index < -0.39 is 5.97 Å². The van der Waals surface area contributed by atoms with Crippen molar-refractivity contribution in [3.05, 3.63) is 41.0 Å². The summed E-state index contributed by atoms with van der Waals surface area (Å²) in [6, 6.07) is 6.36. The molecule has 0 spiro atoms. The Balaban J connectivity index is 2.28. The molecule has 0 aliphatic rings. The lowest BCUT2D eigenvalue weighted by Gasteiger charge is -2.04. The summed E-state index contributed by atoms with van der Waals surface area (Å²) >= 11 is 7.03. The van der Waals surface area contributed by atoms with Gasteiger partial charge in [0.15, 0.2) is 5.16 Å².